The summed E-state index contributed by atoms with van der Waals surface area (Å²) >= 11 is 0. The summed E-state index contributed by atoms with van der Waals surface area (Å²) in [5, 5.41) is 89.3. The number of hydrogen-bond acceptors (Lipinski definition) is 13. The molecular formula is C25H46O13. The number of aliphatic hydroxyl groups excluding tert-OH is 9. The largest absolute Gasteiger partial charge is 0.394 e. The summed E-state index contributed by atoms with van der Waals surface area (Å²) in [6.07, 6.45) is -12.4. The Hall–Kier alpha value is -0.520. The van der Waals surface area contributed by atoms with Gasteiger partial charge in [0.25, 0.3) is 0 Å². The van der Waals surface area contributed by atoms with E-state index in [1.54, 1.807) is 0 Å². The Morgan fingerprint density at radius 2 is 1.32 bits per heavy atom. The van der Waals surface area contributed by atoms with Crippen LogP contribution in [0.25, 0.3) is 0 Å². The van der Waals surface area contributed by atoms with Crippen LogP contribution >= 0.6 is 0 Å². The van der Waals surface area contributed by atoms with E-state index in [9.17, 15) is 46.0 Å². The molecule has 0 aromatic rings. The van der Waals surface area contributed by atoms with E-state index in [0.717, 1.165) is 0 Å². The van der Waals surface area contributed by atoms with Gasteiger partial charge in [-0.25, -0.2) is 0 Å². The predicted molar refractivity (Wildman–Crippen MR) is 129 cm³/mol. The molecule has 38 heavy (non-hydrogen) atoms. The molecule has 2 saturated heterocycles. The minimum absolute atomic E-state index is 0.153. The summed E-state index contributed by atoms with van der Waals surface area (Å²) < 4.78 is 22.7. The highest BCUT2D eigenvalue weighted by atomic mass is 16.7. The molecule has 0 spiro atoms. The highest BCUT2D eigenvalue weighted by molar-refractivity contribution is 4.94. The van der Waals surface area contributed by atoms with E-state index in [4.69, 9.17) is 18.9 Å². The molecule has 2 aliphatic heterocycles. The molecule has 13 heteroatoms. The van der Waals surface area contributed by atoms with Gasteiger partial charge in [-0.1, -0.05) is 20.8 Å². The highest BCUT2D eigenvalue weighted by Gasteiger charge is 2.48. The highest BCUT2D eigenvalue weighted by Crippen LogP contribution is 2.48. The van der Waals surface area contributed by atoms with Crippen LogP contribution in [-0.4, -0.2) is 139 Å². The number of rotatable bonds is 10. The summed E-state index contributed by atoms with van der Waals surface area (Å²) in [7, 11) is 0. The van der Waals surface area contributed by atoms with Gasteiger partial charge in [0.1, 0.15) is 48.8 Å². The zero-order chi connectivity index (χ0) is 28.4. The van der Waals surface area contributed by atoms with Crippen molar-refractivity contribution >= 4 is 0 Å². The first kappa shape index (κ1) is 32.0. The fourth-order valence-electron chi connectivity index (χ4n) is 6.26. The summed E-state index contributed by atoms with van der Waals surface area (Å²) in [5.41, 5.74) is -0.236. The Morgan fingerprint density at radius 3 is 1.82 bits per heavy atom. The molecule has 3 fully saturated rings. The predicted octanol–water partition coefficient (Wildman–Crippen LogP) is -2.80. The fraction of sp³-hybridized carbons (Fsp3) is 1.00. The zero-order valence-electron chi connectivity index (χ0n) is 22.2. The lowest BCUT2D eigenvalue weighted by Gasteiger charge is -2.48. The summed E-state index contributed by atoms with van der Waals surface area (Å²) in [6.45, 7) is 4.78. The molecule has 14 atom stereocenters. The third-order valence-electron chi connectivity index (χ3n) is 8.43. The lowest BCUT2D eigenvalue weighted by atomic mass is 9.61. The molecular weight excluding hydrogens is 508 g/mol. The molecule has 2 heterocycles. The van der Waals surface area contributed by atoms with Crippen LogP contribution in [0.4, 0.5) is 0 Å². The van der Waals surface area contributed by atoms with Gasteiger partial charge in [0.05, 0.1) is 32.0 Å². The summed E-state index contributed by atoms with van der Waals surface area (Å²) in [6, 6.07) is 0. The Kier molecular flexibility index (Phi) is 11.3. The van der Waals surface area contributed by atoms with Gasteiger partial charge >= 0.3 is 0 Å². The molecule has 3 aliphatic rings. The zero-order valence-corrected chi connectivity index (χ0v) is 22.2. The van der Waals surface area contributed by atoms with Crippen molar-refractivity contribution < 1.29 is 64.9 Å². The third-order valence-corrected chi connectivity index (χ3v) is 8.43. The molecule has 1 saturated carbocycles. The number of hydrogen-bond donors (Lipinski definition) is 9. The molecule has 0 amide bonds. The maximum atomic E-state index is 10.3. The molecule has 9 N–H and O–H groups in total. The number of ether oxygens (including phenoxy) is 4. The maximum absolute atomic E-state index is 10.3. The Morgan fingerprint density at radius 1 is 0.789 bits per heavy atom. The SMILES string of the molecule is C[C@@H]1C[C@H](O[C@@H]2O[C@H](CO)[C@@H](O)[C@H](O)C2O)CC(C)(C)[C@H]1CC[C@@H](CO)O[C@@H]1O[C@H](CO)[C@@H](O)[C@H](O)[C@H]1O. The van der Waals surface area contributed by atoms with Crippen LogP contribution in [0.3, 0.4) is 0 Å². The first-order valence-corrected chi connectivity index (χ1v) is 13.4. The molecule has 13 nitrogen and oxygen atoms in total. The van der Waals surface area contributed by atoms with E-state index in [2.05, 4.69) is 20.8 Å². The van der Waals surface area contributed by atoms with Crippen molar-refractivity contribution in [3.05, 3.63) is 0 Å². The van der Waals surface area contributed by atoms with Crippen LogP contribution < -0.4 is 0 Å². The van der Waals surface area contributed by atoms with E-state index in [0.29, 0.717) is 25.7 Å². The van der Waals surface area contributed by atoms with Gasteiger partial charge in [0, 0.05) is 0 Å². The Bertz CT molecular complexity index is 721. The van der Waals surface area contributed by atoms with Crippen LogP contribution in [0.1, 0.15) is 46.5 Å². The average molecular weight is 555 g/mol. The van der Waals surface area contributed by atoms with Gasteiger partial charge in [0.2, 0.25) is 0 Å². The van der Waals surface area contributed by atoms with Crippen LogP contribution in [0.15, 0.2) is 0 Å². The van der Waals surface area contributed by atoms with E-state index in [-0.39, 0.29) is 30.0 Å². The van der Waals surface area contributed by atoms with Crippen molar-refractivity contribution in [3.63, 3.8) is 0 Å². The smallest absolute Gasteiger partial charge is 0.187 e. The van der Waals surface area contributed by atoms with E-state index < -0.39 is 80.7 Å². The van der Waals surface area contributed by atoms with Crippen molar-refractivity contribution in [2.24, 2.45) is 17.3 Å². The van der Waals surface area contributed by atoms with E-state index in [1.807, 2.05) is 0 Å². The van der Waals surface area contributed by atoms with Crippen molar-refractivity contribution in [2.45, 2.75) is 120 Å². The van der Waals surface area contributed by atoms with Crippen molar-refractivity contribution in [3.8, 4) is 0 Å². The van der Waals surface area contributed by atoms with Gasteiger partial charge in [-0.05, 0) is 42.9 Å². The quantitative estimate of drug-likeness (QED) is 0.133. The first-order valence-electron chi connectivity index (χ1n) is 13.4. The Labute approximate surface area is 222 Å². The van der Waals surface area contributed by atoms with Crippen LogP contribution in [-0.2, 0) is 18.9 Å². The van der Waals surface area contributed by atoms with Gasteiger partial charge in [-0.3, -0.25) is 0 Å². The number of aliphatic hydroxyl groups is 9. The average Bonchev–Trinajstić information content (AvgIpc) is 2.87. The molecule has 0 bridgehead atoms. The molecule has 1 unspecified atom stereocenters. The minimum Gasteiger partial charge on any atom is -0.394 e. The van der Waals surface area contributed by atoms with Crippen LogP contribution in [0.5, 0.6) is 0 Å². The van der Waals surface area contributed by atoms with E-state index >= 15 is 0 Å². The van der Waals surface area contributed by atoms with Gasteiger partial charge in [-0.2, -0.15) is 0 Å². The second kappa shape index (κ2) is 13.4. The maximum Gasteiger partial charge on any atom is 0.187 e. The van der Waals surface area contributed by atoms with Gasteiger partial charge < -0.3 is 64.9 Å². The van der Waals surface area contributed by atoms with Gasteiger partial charge in [0.15, 0.2) is 12.6 Å². The summed E-state index contributed by atoms with van der Waals surface area (Å²) in [5.74, 6) is 0.338. The molecule has 0 radical (unpaired) electrons. The molecule has 0 aromatic carbocycles. The van der Waals surface area contributed by atoms with Crippen molar-refractivity contribution in [1.29, 1.82) is 0 Å². The topological polar surface area (TPSA) is 219 Å². The Balaban J connectivity index is 1.57. The van der Waals surface area contributed by atoms with Crippen molar-refractivity contribution in [2.75, 3.05) is 19.8 Å². The monoisotopic (exact) mass is 554 g/mol. The van der Waals surface area contributed by atoms with E-state index in [1.165, 1.54) is 0 Å². The van der Waals surface area contributed by atoms with Crippen LogP contribution in [0.2, 0.25) is 0 Å². The second-order valence-electron chi connectivity index (χ2n) is 11.7. The molecule has 1 aliphatic carbocycles. The lowest BCUT2D eigenvalue weighted by molar-refractivity contribution is -0.317. The normalized spacial score (nSPS) is 46.6. The van der Waals surface area contributed by atoms with Crippen molar-refractivity contribution in [1.82, 2.24) is 0 Å². The van der Waals surface area contributed by atoms with Crippen LogP contribution in [0, 0.1) is 17.3 Å². The first-order chi connectivity index (χ1) is 17.8. The summed E-state index contributed by atoms with van der Waals surface area (Å²) in [4.78, 5) is 0. The third kappa shape index (κ3) is 7.03. The molecule has 224 valence electrons. The fourth-order valence-corrected chi connectivity index (χ4v) is 6.26. The minimum atomic E-state index is -1.57. The lowest BCUT2D eigenvalue weighted by Crippen LogP contribution is -2.60. The molecule has 0 aromatic heterocycles. The van der Waals surface area contributed by atoms with Gasteiger partial charge in [-0.15, -0.1) is 0 Å². The standard InChI is InChI=1S/C25H46O13/c1-11-6-13(36-24-22(34)20(32)18(30)16(10-28)38-24)7-25(2,3)14(11)5-4-12(8-26)35-23-21(33)19(31)17(29)15(9-27)37-23/h11-24,26-34H,4-10H2,1-3H3/t11-,12+,13+,14+,15-,16-,17-,18-,19+,20+,21-,22?,23-,24-/m1/s1. The second-order valence-corrected chi connectivity index (χ2v) is 11.7. The molecule has 3 rings (SSSR count).